The molecule has 8 nitrogen and oxygen atoms in total. The molecule has 8 heteroatoms. The van der Waals surface area contributed by atoms with Gasteiger partial charge in [0.2, 0.25) is 0 Å². The van der Waals surface area contributed by atoms with Gasteiger partial charge < -0.3 is 15.4 Å². The van der Waals surface area contributed by atoms with Gasteiger partial charge in [-0.3, -0.25) is 14.4 Å². The maximum Gasteiger partial charge on any atom is 0.276 e. The molecule has 0 atom stereocenters. The van der Waals surface area contributed by atoms with E-state index >= 15 is 0 Å². The number of ether oxygens (including phenoxy) is 1. The highest BCUT2D eigenvalue weighted by atomic mass is 16.5. The number of nitrogens with one attached hydrogen (secondary N) is 2. The Morgan fingerprint density at radius 1 is 1.10 bits per heavy atom. The quantitative estimate of drug-likeness (QED) is 0.668. The van der Waals surface area contributed by atoms with E-state index in [1.165, 1.54) is 16.8 Å². The molecule has 1 aliphatic heterocycles. The largest absolute Gasteiger partial charge is 0.492 e. The molecule has 2 heterocycles. The molecule has 4 rings (SSSR count). The Balaban J connectivity index is 1.44. The fourth-order valence-corrected chi connectivity index (χ4v) is 2.98. The van der Waals surface area contributed by atoms with Crippen LogP contribution in [0, 0.1) is 0 Å². The average molecular weight is 390 g/mol. The van der Waals surface area contributed by atoms with Crippen LogP contribution in [0.1, 0.15) is 26.4 Å². The molecule has 2 amide bonds. The molecule has 0 saturated heterocycles. The molecule has 2 N–H and O–H groups in total. The normalized spacial score (nSPS) is 12.2. The SMILES string of the molecule is O=C(Nc1ccc2c(c1)C(=O)NC2)c1ccc(=O)n(CCOc2ccccc2)n1. The van der Waals surface area contributed by atoms with Crippen LogP contribution in [0.4, 0.5) is 5.69 Å². The van der Waals surface area contributed by atoms with E-state index in [-0.39, 0.29) is 30.3 Å². The van der Waals surface area contributed by atoms with E-state index in [0.717, 1.165) is 5.56 Å². The number of para-hydroxylation sites is 1. The molecule has 0 radical (unpaired) electrons. The lowest BCUT2D eigenvalue weighted by atomic mass is 10.1. The summed E-state index contributed by atoms with van der Waals surface area (Å²) in [7, 11) is 0. The zero-order valence-corrected chi connectivity index (χ0v) is 15.4. The number of anilines is 1. The third kappa shape index (κ3) is 4.16. The van der Waals surface area contributed by atoms with Gasteiger partial charge >= 0.3 is 0 Å². The highest BCUT2D eigenvalue weighted by molar-refractivity contribution is 6.04. The minimum atomic E-state index is -0.471. The van der Waals surface area contributed by atoms with Gasteiger partial charge in [0.1, 0.15) is 18.1 Å². The Kier molecular flexibility index (Phi) is 5.07. The predicted octanol–water partition coefficient (Wildman–Crippen LogP) is 1.82. The molecule has 2 aromatic carbocycles. The number of carbonyl (C=O) groups excluding carboxylic acids is 2. The molecular weight excluding hydrogens is 372 g/mol. The number of aromatic nitrogens is 2. The lowest BCUT2D eigenvalue weighted by molar-refractivity contribution is 0.0964. The van der Waals surface area contributed by atoms with E-state index in [1.54, 1.807) is 18.2 Å². The van der Waals surface area contributed by atoms with Crippen LogP contribution in [0.5, 0.6) is 5.75 Å². The van der Waals surface area contributed by atoms with E-state index in [0.29, 0.717) is 23.5 Å². The maximum atomic E-state index is 12.5. The van der Waals surface area contributed by atoms with Crippen molar-refractivity contribution in [3.05, 3.63) is 87.8 Å². The Morgan fingerprint density at radius 3 is 2.76 bits per heavy atom. The van der Waals surface area contributed by atoms with Crippen molar-refractivity contribution in [2.75, 3.05) is 11.9 Å². The van der Waals surface area contributed by atoms with Crippen LogP contribution >= 0.6 is 0 Å². The van der Waals surface area contributed by atoms with E-state index in [9.17, 15) is 14.4 Å². The van der Waals surface area contributed by atoms with Crippen molar-refractivity contribution in [3.63, 3.8) is 0 Å². The molecule has 1 aliphatic rings. The number of benzene rings is 2. The molecule has 146 valence electrons. The monoisotopic (exact) mass is 390 g/mol. The molecule has 29 heavy (non-hydrogen) atoms. The summed E-state index contributed by atoms with van der Waals surface area (Å²) in [6.45, 7) is 0.926. The first-order chi connectivity index (χ1) is 14.1. The molecule has 0 aliphatic carbocycles. The Labute approximate surface area is 166 Å². The summed E-state index contributed by atoms with van der Waals surface area (Å²) < 4.78 is 6.76. The van der Waals surface area contributed by atoms with Gasteiger partial charge in [-0.25, -0.2) is 4.68 Å². The van der Waals surface area contributed by atoms with Crippen molar-refractivity contribution in [2.24, 2.45) is 0 Å². The maximum absolute atomic E-state index is 12.5. The van der Waals surface area contributed by atoms with Gasteiger partial charge in [0.25, 0.3) is 17.4 Å². The van der Waals surface area contributed by atoms with Crippen molar-refractivity contribution >= 4 is 17.5 Å². The molecule has 0 saturated carbocycles. The Hall–Kier alpha value is -3.94. The van der Waals surface area contributed by atoms with Gasteiger partial charge in [-0.2, -0.15) is 5.10 Å². The molecule has 0 bridgehead atoms. The zero-order chi connectivity index (χ0) is 20.2. The molecular formula is C21H18N4O4. The highest BCUT2D eigenvalue weighted by Crippen LogP contribution is 2.20. The first kappa shape index (κ1) is 18.4. The summed E-state index contributed by atoms with van der Waals surface area (Å²) >= 11 is 0. The lowest BCUT2D eigenvalue weighted by Crippen LogP contribution is -2.28. The van der Waals surface area contributed by atoms with Crippen LogP contribution < -0.4 is 20.9 Å². The second kappa shape index (κ2) is 7.97. The minimum absolute atomic E-state index is 0.0919. The topological polar surface area (TPSA) is 102 Å². The number of rotatable bonds is 6. The molecule has 3 aromatic rings. The van der Waals surface area contributed by atoms with Crippen molar-refractivity contribution in [2.45, 2.75) is 13.1 Å². The van der Waals surface area contributed by atoms with Crippen LogP contribution in [-0.4, -0.2) is 28.2 Å². The highest BCUT2D eigenvalue weighted by Gasteiger charge is 2.19. The zero-order valence-electron chi connectivity index (χ0n) is 15.4. The van der Waals surface area contributed by atoms with E-state index in [1.807, 2.05) is 30.3 Å². The molecule has 0 spiro atoms. The van der Waals surface area contributed by atoms with Crippen molar-refractivity contribution in [1.82, 2.24) is 15.1 Å². The second-order valence-electron chi connectivity index (χ2n) is 6.45. The molecule has 1 aromatic heterocycles. The van der Waals surface area contributed by atoms with E-state index in [4.69, 9.17) is 4.74 Å². The summed E-state index contributed by atoms with van der Waals surface area (Å²) in [5, 5.41) is 9.56. The molecule has 0 fully saturated rings. The van der Waals surface area contributed by atoms with Gasteiger partial charge in [0.15, 0.2) is 0 Å². The third-order valence-electron chi connectivity index (χ3n) is 4.47. The van der Waals surface area contributed by atoms with Crippen LogP contribution in [0.3, 0.4) is 0 Å². The predicted molar refractivity (Wildman–Crippen MR) is 106 cm³/mol. The van der Waals surface area contributed by atoms with Crippen LogP contribution in [0.2, 0.25) is 0 Å². The summed E-state index contributed by atoms with van der Waals surface area (Å²) in [5.41, 5.74) is 1.68. The summed E-state index contributed by atoms with van der Waals surface area (Å²) in [4.78, 5) is 36.3. The van der Waals surface area contributed by atoms with Crippen molar-refractivity contribution in [1.29, 1.82) is 0 Å². The Morgan fingerprint density at radius 2 is 1.93 bits per heavy atom. The summed E-state index contributed by atoms with van der Waals surface area (Å²) in [6.07, 6.45) is 0. The van der Waals surface area contributed by atoms with Gasteiger partial charge in [-0.05, 0) is 35.9 Å². The van der Waals surface area contributed by atoms with Gasteiger partial charge in [-0.15, -0.1) is 0 Å². The van der Waals surface area contributed by atoms with E-state index < -0.39 is 5.91 Å². The third-order valence-corrected chi connectivity index (χ3v) is 4.47. The van der Waals surface area contributed by atoms with Crippen LogP contribution in [-0.2, 0) is 13.1 Å². The first-order valence-corrected chi connectivity index (χ1v) is 9.09. The lowest BCUT2D eigenvalue weighted by Gasteiger charge is -2.09. The van der Waals surface area contributed by atoms with Gasteiger partial charge in [0.05, 0.1) is 6.54 Å². The fraction of sp³-hybridized carbons (Fsp3) is 0.143. The van der Waals surface area contributed by atoms with Gasteiger partial charge in [0, 0.05) is 23.9 Å². The smallest absolute Gasteiger partial charge is 0.276 e. The summed E-state index contributed by atoms with van der Waals surface area (Å²) in [5.74, 6) is 0.0531. The second-order valence-corrected chi connectivity index (χ2v) is 6.45. The number of hydrogen-bond acceptors (Lipinski definition) is 5. The number of hydrogen-bond donors (Lipinski definition) is 2. The Bertz CT molecular complexity index is 1130. The standard InChI is InChI=1S/C21H18N4O4/c26-19-9-8-18(24-25(19)10-11-29-16-4-2-1-3-5-16)21(28)23-15-7-6-14-13-22-20(27)17(14)12-15/h1-9,12H,10-11,13H2,(H,22,27)(H,23,28). The minimum Gasteiger partial charge on any atom is -0.492 e. The number of carbonyl (C=O) groups is 2. The van der Waals surface area contributed by atoms with Crippen LogP contribution in [0.15, 0.2) is 65.5 Å². The van der Waals surface area contributed by atoms with Crippen molar-refractivity contribution < 1.29 is 14.3 Å². The number of fused-ring (bicyclic) bond motifs is 1. The summed E-state index contributed by atoms with van der Waals surface area (Å²) in [6, 6.07) is 17.0. The van der Waals surface area contributed by atoms with Crippen molar-refractivity contribution in [3.8, 4) is 5.75 Å². The first-order valence-electron chi connectivity index (χ1n) is 9.09. The van der Waals surface area contributed by atoms with Gasteiger partial charge in [-0.1, -0.05) is 24.3 Å². The average Bonchev–Trinajstić information content (AvgIpc) is 3.10. The number of amides is 2. The van der Waals surface area contributed by atoms with E-state index in [2.05, 4.69) is 15.7 Å². The fourth-order valence-electron chi connectivity index (χ4n) is 2.98. The molecule has 0 unspecified atom stereocenters. The number of nitrogens with zero attached hydrogens (tertiary/aromatic N) is 2. The van der Waals surface area contributed by atoms with Crippen LogP contribution in [0.25, 0.3) is 0 Å².